The molecule has 0 radical (unpaired) electrons. The second kappa shape index (κ2) is 7.69. The highest BCUT2D eigenvalue weighted by molar-refractivity contribution is 6.33. The first-order chi connectivity index (χ1) is 9.49. The number of hydrogen-bond acceptors (Lipinski definition) is 4. The fourth-order valence-corrected chi connectivity index (χ4v) is 1.73. The van der Waals surface area contributed by atoms with Gasteiger partial charge in [0.2, 0.25) is 5.91 Å². The average Bonchev–Trinajstić information content (AvgIpc) is 2.41. The predicted octanol–water partition coefficient (Wildman–Crippen LogP) is 1.42. The molecule has 1 atom stereocenters. The normalized spacial score (nSPS) is 11.6. The minimum absolute atomic E-state index is 0.0984. The molecular weight excluding hydrogens is 280 g/mol. The van der Waals surface area contributed by atoms with E-state index in [0.29, 0.717) is 18.9 Å². The van der Waals surface area contributed by atoms with Crippen molar-refractivity contribution < 1.29 is 9.59 Å². The van der Waals surface area contributed by atoms with E-state index in [0.717, 1.165) is 0 Å². The van der Waals surface area contributed by atoms with Gasteiger partial charge in [0.15, 0.2) is 0 Å². The van der Waals surface area contributed by atoms with Crippen LogP contribution in [0.3, 0.4) is 0 Å². The highest BCUT2D eigenvalue weighted by Gasteiger charge is 2.19. The minimum Gasteiger partial charge on any atom is -0.370 e. The summed E-state index contributed by atoms with van der Waals surface area (Å²) in [7, 11) is 0. The molecule has 1 heterocycles. The summed E-state index contributed by atoms with van der Waals surface area (Å²) < 4.78 is 0. The van der Waals surface area contributed by atoms with Gasteiger partial charge in [-0.3, -0.25) is 9.59 Å². The molecule has 1 unspecified atom stereocenters. The van der Waals surface area contributed by atoms with Gasteiger partial charge in [-0.1, -0.05) is 11.6 Å². The zero-order valence-electron chi connectivity index (χ0n) is 11.8. The van der Waals surface area contributed by atoms with Crippen LogP contribution in [-0.2, 0) is 4.79 Å². The molecule has 110 valence electrons. The van der Waals surface area contributed by atoms with Gasteiger partial charge in [-0.25, -0.2) is 4.98 Å². The van der Waals surface area contributed by atoms with E-state index in [1.54, 1.807) is 19.1 Å². The molecule has 0 aliphatic carbocycles. The van der Waals surface area contributed by atoms with Gasteiger partial charge in [-0.05, 0) is 32.9 Å². The zero-order chi connectivity index (χ0) is 15.1. The third kappa shape index (κ3) is 4.38. The summed E-state index contributed by atoms with van der Waals surface area (Å²) in [5, 5.41) is 8.43. The molecule has 0 saturated carbocycles. The number of likely N-dealkylation sites (N-methyl/N-ethyl adjacent to an activating group) is 1. The van der Waals surface area contributed by atoms with E-state index < -0.39 is 11.9 Å². The maximum atomic E-state index is 12.1. The predicted molar refractivity (Wildman–Crippen MR) is 79.0 cm³/mol. The maximum Gasteiger partial charge on any atom is 0.272 e. The van der Waals surface area contributed by atoms with Crippen LogP contribution in [0.15, 0.2) is 12.1 Å². The van der Waals surface area contributed by atoms with Crippen molar-refractivity contribution in [3.05, 3.63) is 22.8 Å². The van der Waals surface area contributed by atoms with Crippen LogP contribution in [0, 0.1) is 0 Å². The summed E-state index contributed by atoms with van der Waals surface area (Å²) in [6, 6.07) is 2.64. The van der Waals surface area contributed by atoms with E-state index in [1.807, 2.05) is 13.8 Å². The van der Waals surface area contributed by atoms with Gasteiger partial charge in [0.1, 0.15) is 17.6 Å². The Morgan fingerprint density at radius 1 is 1.30 bits per heavy atom. The molecule has 1 aromatic rings. The molecule has 0 aromatic carbocycles. The van der Waals surface area contributed by atoms with Gasteiger partial charge in [0.05, 0.1) is 5.02 Å². The molecule has 3 N–H and O–H groups in total. The molecular formula is C13H19ClN4O2. The lowest BCUT2D eigenvalue weighted by Gasteiger charge is -2.14. The van der Waals surface area contributed by atoms with Gasteiger partial charge >= 0.3 is 0 Å². The Bertz CT molecular complexity index is 493. The summed E-state index contributed by atoms with van der Waals surface area (Å²) in [5.41, 5.74) is 0.0984. The number of halogens is 1. The van der Waals surface area contributed by atoms with Crippen LogP contribution >= 0.6 is 11.6 Å². The van der Waals surface area contributed by atoms with Crippen LogP contribution < -0.4 is 16.0 Å². The number of carbonyl (C=O) groups excluding carboxylic acids is 2. The van der Waals surface area contributed by atoms with E-state index in [-0.39, 0.29) is 16.6 Å². The molecule has 1 rings (SSSR count). The standard InChI is InChI=1S/C13H19ClN4O2/c1-4-15-10-7-6-9(14)11(18-10)13(20)17-8(3)12(19)16-5-2/h6-8H,4-5H2,1-3H3,(H,15,18)(H,16,19)(H,17,20). The number of amides is 2. The topological polar surface area (TPSA) is 83.1 Å². The van der Waals surface area contributed by atoms with E-state index in [4.69, 9.17) is 11.6 Å². The smallest absolute Gasteiger partial charge is 0.272 e. The summed E-state index contributed by atoms with van der Waals surface area (Å²) in [5.74, 6) is -0.166. The lowest BCUT2D eigenvalue weighted by molar-refractivity contribution is -0.122. The summed E-state index contributed by atoms with van der Waals surface area (Å²) >= 11 is 5.96. The lowest BCUT2D eigenvalue weighted by atomic mass is 10.2. The van der Waals surface area contributed by atoms with Crippen LogP contribution in [0.5, 0.6) is 0 Å². The van der Waals surface area contributed by atoms with E-state index in [9.17, 15) is 9.59 Å². The van der Waals surface area contributed by atoms with Crippen molar-refractivity contribution in [2.24, 2.45) is 0 Å². The molecule has 0 aliphatic rings. The van der Waals surface area contributed by atoms with Crippen molar-refractivity contribution in [3.63, 3.8) is 0 Å². The Balaban J connectivity index is 2.81. The molecule has 0 fully saturated rings. The van der Waals surface area contributed by atoms with Crippen molar-refractivity contribution in [3.8, 4) is 0 Å². The van der Waals surface area contributed by atoms with Crippen molar-refractivity contribution in [1.82, 2.24) is 15.6 Å². The monoisotopic (exact) mass is 298 g/mol. The third-order valence-electron chi connectivity index (χ3n) is 2.51. The molecule has 0 saturated heterocycles. The van der Waals surface area contributed by atoms with Gasteiger partial charge in [-0.15, -0.1) is 0 Å². The fourth-order valence-electron chi connectivity index (χ4n) is 1.54. The molecule has 1 aromatic heterocycles. The quantitative estimate of drug-likeness (QED) is 0.742. The second-order valence-electron chi connectivity index (χ2n) is 4.15. The number of anilines is 1. The van der Waals surface area contributed by atoms with E-state index in [2.05, 4.69) is 20.9 Å². The minimum atomic E-state index is -0.650. The number of hydrogen-bond donors (Lipinski definition) is 3. The largest absolute Gasteiger partial charge is 0.370 e. The van der Waals surface area contributed by atoms with Crippen LogP contribution in [0.4, 0.5) is 5.82 Å². The van der Waals surface area contributed by atoms with E-state index in [1.165, 1.54) is 0 Å². The molecule has 0 bridgehead atoms. The van der Waals surface area contributed by atoms with Gasteiger partial charge in [0, 0.05) is 13.1 Å². The summed E-state index contributed by atoms with van der Waals surface area (Å²) in [4.78, 5) is 27.8. The van der Waals surface area contributed by atoms with Gasteiger partial charge < -0.3 is 16.0 Å². The highest BCUT2D eigenvalue weighted by atomic mass is 35.5. The number of rotatable bonds is 6. The molecule has 0 spiro atoms. The van der Waals surface area contributed by atoms with Crippen LogP contribution in [-0.4, -0.2) is 35.9 Å². The third-order valence-corrected chi connectivity index (χ3v) is 2.82. The van der Waals surface area contributed by atoms with Crippen molar-refractivity contribution >= 4 is 29.2 Å². The van der Waals surface area contributed by atoms with Crippen LogP contribution in [0.1, 0.15) is 31.3 Å². The Morgan fingerprint density at radius 2 is 2.00 bits per heavy atom. The first kappa shape index (κ1) is 16.2. The zero-order valence-corrected chi connectivity index (χ0v) is 12.5. The summed E-state index contributed by atoms with van der Waals surface area (Å²) in [6.07, 6.45) is 0. The Hall–Kier alpha value is -1.82. The van der Waals surface area contributed by atoms with Gasteiger partial charge in [-0.2, -0.15) is 0 Å². The van der Waals surface area contributed by atoms with Crippen molar-refractivity contribution in [2.75, 3.05) is 18.4 Å². The lowest BCUT2D eigenvalue weighted by Crippen LogP contribution is -2.45. The van der Waals surface area contributed by atoms with E-state index >= 15 is 0 Å². The first-order valence-corrected chi connectivity index (χ1v) is 6.86. The number of aromatic nitrogens is 1. The summed E-state index contributed by atoms with van der Waals surface area (Å²) in [6.45, 7) is 6.53. The number of nitrogens with zero attached hydrogens (tertiary/aromatic N) is 1. The van der Waals surface area contributed by atoms with Crippen LogP contribution in [0.2, 0.25) is 5.02 Å². The number of carbonyl (C=O) groups is 2. The number of pyridine rings is 1. The molecule has 0 aliphatic heterocycles. The Kier molecular flexibility index (Phi) is 6.24. The van der Waals surface area contributed by atoms with Crippen LogP contribution in [0.25, 0.3) is 0 Å². The Morgan fingerprint density at radius 3 is 2.60 bits per heavy atom. The Labute approximate surface area is 123 Å². The fraction of sp³-hybridized carbons (Fsp3) is 0.462. The molecule has 6 nitrogen and oxygen atoms in total. The first-order valence-electron chi connectivity index (χ1n) is 6.48. The van der Waals surface area contributed by atoms with Gasteiger partial charge in [0.25, 0.3) is 5.91 Å². The highest BCUT2D eigenvalue weighted by Crippen LogP contribution is 2.16. The number of nitrogens with one attached hydrogen (secondary N) is 3. The SMILES string of the molecule is CCNC(=O)C(C)NC(=O)c1nc(NCC)ccc1Cl. The molecule has 20 heavy (non-hydrogen) atoms. The van der Waals surface area contributed by atoms with Crippen molar-refractivity contribution in [2.45, 2.75) is 26.8 Å². The molecule has 7 heteroatoms. The average molecular weight is 299 g/mol. The maximum absolute atomic E-state index is 12.1. The van der Waals surface area contributed by atoms with Crippen molar-refractivity contribution in [1.29, 1.82) is 0 Å². The second-order valence-corrected chi connectivity index (χ2v) is 4.55. The molecule has 2 amide bonds.